The van der Waals surface area contributed by atoms with Gasteiger partial charge in [0, 0.05) is 6.04 Å². The summed E-state index contributed by atoms with van der Waals surface area (Å²) in [6.45, 7) is 8.07. The normalized spacial score (nSPS) is 12.4. The van der Waals surface area contributed by atoms with Gasteiger partial charge in [-0.25, -0.2) is 0 Å². The summed E-state index contributed by atoms with van der Waals surface area (Å²) in [6, 6.07) is 7.41. The average Bonchev–Trinajstić information content (AvgIpc) is 2.44. The molecule has 1 aromatic carbocycles. The lowest BCUT2D eigenvalue weighted by Crippen LogP contribution is -2.37. The van der Waals surface area contributed by atoms with Crippen molar-refractivity contribution in [3.8, 4) is 5.75 Å². The first-order valence-corrected chi connectivity index (χ1v) is 7.32. The fourth-order valence-electron chi connectivity index (χ4n) is 1.90. The van der Waals surface area contributed by atoms with Gasteiger partial charge >= 0.3 is 5.97 Å². The largest absolute Gasteiger partial charge is 0.484 e. The van der Waals surface area contributed by atoms with Crippen molar-refractivity contribution in [3.05, 3.63) is 29.8 Å². The Balaban J connectivity index is 2.42. The zero-order valence-corrected chi connectivity index (χ0v) is 13.9. The SMILES string of the molecule is COC(=O)CC(C)NC(=O)COc1ccc(C(C)(C)C)cc1. The lowest BCUT2D eigenvalue weighted by Gasteiger charge is -2.19. The number of benzene rings is 1. The minimum atomic E-state index is -0.355. The number of methoxy groups -OCH3 is 1. The Kier molecular flexibility index (Phi) is 6.40. The molecule has 0 radical (unpaired) electrons. The Labute approximate surface area is 132 Å². The van der Waals surface area contributed by atoms with Crippen molar-refractivity contribution >= 4 is 11.9 Å². The van der Waals surface area contributed by atoms with Crippen molar-refractivity contribution in [2.24, 2.45) is 0 Å². The molecule has 1 amide bonds. The summed E-state index contributed by atoms with van der Waals surface area (Å²) in [5.41, 5.74) is 1.29. The van der Waals surface area contributed by atoms with Gasteiger partial charge in [-0.1, -0.05) is 32.9 Å². The van der Waals surface area contributed by atoms with E-state index < -0.39 is 0 Å². The molecule has 122 valence electrons. The predicted octanol–water partition coefficient (Wildman–Crippen LogP) is 2.43. The van der Waals surface area contributed by atoms with Crippen LogP contribution >= 0.6 is 0 Å². The number of esters is 1. The van der Waals surface area contributed by atoms with Crippen LogP contribution in [0.3, 0.4) is 0 Å². The zero-order chi connectivity index (χ0) is 16.8. The highest BCUT2D eigenvalue weighted by atomic mass is 16.5. The molecule has 1 N–H and O–H groups in total. The van der Waals surface area contributed by atoms with Gasteiger partial charge in [-0.3, -0.25) is 9.59 Å². The van der Waals surface area contributed by atoms with Gasteiger partial charge < -0.3 is 14.8 Å². The molecule has 0 heterocycles. The van der Waals surface area contributed by atoms with Crippen LogP contribution in [0.2, 0.25) is 0 Å². The van der Waals surface area contributed by atoms with Crippen LogP contribution < -0.4 is 10.1 Å². The van der Waals surface area contributed by atoms with Gasteiger partial charge in [-0.15, -0.1) is 0 Å². The fraction of sp³-hybridized carbons (Fsp3) is 0.529. The van der Waals surface area contributed by atoms with Crippen molar-refractivity contribution in [1.82, 2.24) is 5.32 Å². The van der Waals surface area contributed by atoms with Crippen molar-refractivity contribution in [1.29, 1.82) is 0 Å². The maximum atomic E-state index is 11.7. The maximum Gasteiger partial charge on any atom is 0.307 e. The topological polar surface area (TPSA) is 64.6 Å². The second kappa shape index (κ2) is 7.82. The molecule has 5 heteroatoms. The smallest absolute Gasteiger partial charge is 0.307 e. The van der Waals surface area contributed by atoms with Crippen molar-refractivity contribution in [2.75, 3.05) is 13.7 Å². The molecule has 0 aliphatic carbocycles. The first-order valence-electron chi connectivity index (χ1n) is 7.32. The van der Waals surface area contributed by atoms with Gasteiger partial charge in [0.15, 0.2) is 6.61 Å². The van der Waals surface area contributed by atoms with Crippen molar-refractivity contribution < 1.29 is 19.1 Å². The first kappa shape index (κ1) is 18.0. The highest BCUT2D eigenvalue weighted by Gasteiger charge is 2.14. The molecule has 1 unspecified atom stereocenters. The van der Waals surface area contributed by atoms with E-state index in [1.165, 1.54) is 12.7 Å². The molecular formula is C17H25NO4. The highest BCUT2D eigenvalue weighted by molar-refractivity contribution is 5.79. The number of carbonyl (C=O) groups is 2. The summed E-state index contributed by atoms with van der Waals surface area (Å²) >= 11 is 0. The Morgan fingerprint density at radius 1 is 1.18 bits per heavy atom. The third-order valence-electron chi connectivity index (χ3n) is 3.20. The quantitative estimate of drug-likeness (QED) is 0.820. The van der Waals surface area contributed by atoms with Crippen LogP contribution in [0.25, 0.3) is 0 Å². The van der Waals surface area contributed by atoms with E-state index in [2.05, 4.69) is 30.8 Å². The van der Waals surface area contributed by atoms with Crippen LogP contribution in [0.15, 0.2) is 24.3 Å². The van der Waals surface area contributed by atoms with Crippen LogP contribution in [0.4, 0.5) is 0 Å². The predicted molar refractivity (Wildman–Crippen MR) is 84.9 cm³/mol. The standard InChI is InChI=1S/C17H25NO4/c1-12(10-16(20)21-5)18-15(19)11-22-14-8-6-13(7-9-14)17(2,3)4/h6-9,12H,10-11H2,1-5H3,(H,18,19). The zero-order valence-electron chi connectivity index (χ0n) is 13.9. The molecule has 0 saturated heterocycles. The van der Waals surface area contributed by atoms with E-state index in [1.54, 1.807) is 6.92 Å². The number of hydrogen-bond donors (Lipinski definition) is 1. The third-order valence-corrected chi connectivity index (χ3v) is 3.20. The number of carbonyl (C=O) groups excluding carboxylic acids is 2. The van der Waals surface area contributed by atoms with Crippen LogP contribution in [-0.2, 0) is 19.7 Å². The first-order chi connectivity index (χ1) is 10.2. The van der Waals surface area contributed by atoms with E-state index in [1.807, 2.05) is 24.3 Å². The molecule has 0 saturated carbocycles. The van der Waals surface area contributed by atoms with Crippen LogP contribution in [0.5, 0.6) is 5.75 Å². The summed E-state index contributed by atoms with van der Waals surface area (Å²) in [5.74, 6) is 0.0200. The Morgan fingerprint density at radius 2 is 1.77 bits per heavy atom. The number of ether oxygens (including phenoxy) is 2. The van der Waals surface area contributed by atoms with Crippen LogP contribution in [0.1, 0.15) is 39.7 Å². The third kappa shape index (κ3) is 6.16. The van der Waals surface area contributed by atoms with E-state index in [4.69, 9.17) is 4.74 Å². The highest BCUT2D eigenvalue weighted by Crippen LogP contribution is 2.24. The lowest BCUT2D eigenvalue weighted by molar-refractivity contribution is -0.141. The van der Waals surface area contributed by atoms with Crippen LogP contribution in [0, 0.1) is 0 Å². The van der Waals surface area contributed by atoms with E-state index in [0.717, 1.165) is 0 Å². The summed E-state index contributed by atoms with van der Waals surface area (Å²) in [5, 5.41) is 2.69. The number of amides is 1. The van der Waals surface area contributed by atoms with E-state index in [0.29, 0.717) is 5.75 Å². The van der Waals surface area contributed by atoms with Gasteiger partial charge in [0.2, 0.25) is 0 Å². The summed E-state index contributed by atoms with van der Waals surface area (Å²) < 4.78 is 9.99. The second-order valence-electron chi connectivity index (χ2n) is 6.31. The molecule has 22 heavy (non-hydrogen) atoms. The molecule has 5 nitrogen and oxygen atoms in total. The Hall–Kier alpha value is -2.04. The second-order valence-corrected chi connectivity index (χ2v) is 6.31. The van der Waals surface area contributed by atoms with Gasteiger partial charge in [0.25, 0.3) is 5.91 Å². The minimum absolute atomic E-state index is 0.0826. The monoisotopic (exact) mass is 307 g/mol. The summed E-state index contributed by atoms with van der Waals surface area (Å²) in [4.78, 5) is 22.8. The number of nitrogens with one attached hydrogen (secondary N) is 1. The van der Waals surface area contributed by atoms with Crippen molar-refractivity contribution in [2.45, 2.75) is 45.6 Å². The maximum absolute atomic E-state index is 11.7. The van der Waals surface area contributed by atoms with E-state index >= 15 is 0 Å². The molecule has 0 spiro atoms. The fourth-order valence-corrected chi connectivity index (χ4v) is 1.90. The van der Waals surface area contributed by atoms with Crippen molar-refractivity contribution in [3.63, 3.8) is 0 Å². The molecule has 1 aromatic rings. The number of hydrogen-bond acceptors (Lipinski definition) is 4. The molecule has 0 bridgehead atoms. The Bertz CT molecular complexity index is 502. The summed E-state index contributed by atoms with van der Waals surface area (Å²) in [6.07, 6.45) is 0.141. The molecule has 1 rings (SSSR count). The van der Waals surface area contributed by atoms with Crippen LogP contribution in [-0.4, -0.2) is 31.6 Å². The van der Waals surface area contributed by atoms with Gasteiger partial charge in [0.1, 0.15) is 5.75 Å². The average molecular weight is 307 g/mol. The van der Waals surface area contributed by atoms with Gasteiger partial charge in [-0.2, -0.15) is 0 Å². The van der Waals surface area contributed by atoms with E-state index in [-0.39, 0.29) is 36.4 Å². The number of rotatable bonds is 6. The van der Waals surface area contributed by atoms with E-state index in [9.17, 15) is 9.59 Å². The lowest BCUT2D eigenvalue weighted by atomic mass is 9.87. The molecule has 0 aliphatic heterocycles. The molecule has 1 atom stereocenters. The van der Waals surface area contributed by atoms with Gasteiger partial charge in [0.05, 0.1) is 13.5 Å². The summed E-state index contributed by atoms with van der Waals surface area (Å²) in [7, 11) is 1.32. The molecule has 0 aromatic heterocycles. The Morgan fingerprint density at radius 3 is 2.27 bits per heavy atom. The van der Waals surface area contributed by atoms with Gasteiger partial charge in [-0.05, 0) is 30.0 Å². The molecular weight excluding hydrogens is 282 g/mol. The minimum Gasteiger partial charge on any atom is -0.484 e. The molecule has 0 fully saturated rings. The molecule has 0 aliphatic rings.